The lowest BCUT2D eigenvalue weighted by Gasteiger charge is -2.22. The highest BCUT2D eigenvalue weighted by atomic mass is 35.5. The minimum Gasteiger partial charge on any atom is -0.344 e. The summed E-state index contributed by atoms with van der Waals surface area (Å²) in [5.41, 5.74) is 1.22. The smallest absolute Gasteiger partial charge is 0.273 e. The minimum atomic E-state index is -0.238. The van der Waals surface area contributed by atoms with Crippen LogP contribution in [0.4, 0.5) is 0 Å². The second kappa shape index (κ2) is 7.10. The van der Waals surface area contributed by atoms with Gasteiger partial charge in [-0.1, -0.05) is 35.0 Å². The van der Waals surface area contributed by atoms with Crippen LogP contribution in [0.15, 0.2) is 30.5 Å². The van der Waals surface area contributed by atoms with Crippen molar-refractivity contribution in [2.45, 2.75) is 31.8 Å². The lowest BCUT2D eigenvalue weighted by molar-refractivity contribution is 0.0934. The van der Waals surface area contributed by atoms with E-state index in [0.717, 1.165) is 31.5 Å². The van der Waals surface area contributed by atoms with Gasteiger partial charge in [-0.25, -0.2) is 4.68 Å². The highest BCUT2D eigenvalue weighted by Crippen LogP contribution is 2.22. The normalized spacial score (nSPS) is 17.0. The van der Waals surface area contributed by atoms with Gasteiger partial charge in [0.1, 0.15) is 0 Å². The Kier molecular flexibility index (Phi) is 4.93. The predicted molar refractivity (Wildman–Crippen MR) is 88.5 cm³/mol. The highest BCUT2D eigenvalue weighted by molar-refractivity contribution is 6.31. The number of nitrogens with zero attached hydrogens (tertiary/aromatic N) is 3. The molecule has 1 aromatic heterocycles. The topological polar surface area (TPSA) is 71.8 Å². The summed E-state index contributed by atoms with van der Waals surface area (Å²) in [4.78, 5) is 12.4. The van der Waals surface area contributed by atoms with Crippen molar-refractivity contribution in [2.24, 2.45) is 0 Å². The van der Waals surface area contributed by atoms with Crippen LogP contribution in [0.3, 0.4) is 0 Å². The molecule has 6 nitrogen and oxygen atoms in total. The molecule has 1 aromatic carbocycles. The number of hydrogen-bond donors (Lipinski definition) is 2. The van der Waals surface area contributed by atoms with Crippen LogP contribution in [0.1, 0.15) is 47.9 Å². The zero-order valence-corrected chi connectivity index (χ0v) is 13.8. The third-order valence-electron chi connectivity index (χ3n) is 4.15. The Hall–Kier alpha value is -1.92. The number of carbonyl (C=O) groups excluding carboxylic acids is 1. The first-order valence-electron chi connectivity index (χ1n) is 7.83. The van der Waals surface area contributed by atoms with Crippen molar-refractivity contribution in [3.05, 3.63) is 46.7 Å². The monoisotopic (exact) mass is 333 g/mol. The zero-order valence-electron chi connectivity index (χ0n) is 13.0. The molecule has 1 aliphatic rings. The van der Waals surface area contributed by atoms with Gasteiger partial charge in [0.25, 0.3) is 5.91 Å². The molecule has 122 valence electrons. The first-order chi connectivity index (χ1) is 11.1. The summed E-state index contributed by atoms with van der Waals surface area (Å²) in [5.74, 6) is -0.238. The number of aromatic nitrogens is 3. The summed E-state index contributed by atoms with van der Waals surface area (Å²) in [7, 11) is 0. The van der Waals surface area contributed by atoms with Gasteiger partial charge in [0.05, 0.1) is 18.3 Å². The molecule has 2 aromatic rings. The number of piperidine rings is 1. The highest BCUT2D eigenvalue weighted by Gasteiger charge is 2.20. The summed E-state index contributed by atoms with van der Waals surface area (Å²) in [6.07, 6.45) is 3.73. The Morgan fingerprint density at radius 1 is 1.39 bits per heavy atom. The maximum absolute atomic E-state index is 12.4. The third kappa shape index (κ3) is 3.71. The average Bonchev–Trinajstić information content (AvgIpc) is 3.06. The number of halogens is 1. The zero-order chi connectivity index (χ0) is 16.2. The molecule has 0 bridgehead atoms. The summed E-state index contributed by atoms with van der Waals surface area (Å²) >= 11 is 6.16. The molecule has 0 saturated carbocycles. The fraction of sp³-hybridized carbons (Fsp3) is 0.438. The molecule has 1 saturated heterocycles. The van der Waals surface area contributed by atoms with Gasteiger partial charge in [-0.05, 0) is 44.5 Å². The van der Waals surface area contributed by atoms with Gasteiger partial charge < -0.3 is 10.6 Å². The molecular weight excluding hydrogens is 314 g/mol. The van der Waals surface area contributed by atoms with E-state index in [-0.39, 0.29) is 11.9 Å². The Morgan fingerprint density at radius 3 is 2.87 bits per heavy atom. The molecular formula is C16H20ClN5O. The van der Waals surface area contributed by atoms with Crippen LogP contribution in [0.2, 0.25) is 5.02 Å². The molecule has 1 atom stereocenters. The average molecular weight is 334 g/mol. The molecule has 7 heteroatoms. The lowest BCUT2D eigenvalue weighted by atomic mass is 10.1. The number of nitrogens with one attached hydrogen (secondary N) is 2. The van der Waals surface area contributed by atoms with Crippen molar-refractivity contribution in [3.8, 4) is 0 Å². The Bertz CT molecular complexity index is 681. The van der Waals surface area contributed by atoms with Crippen LogP contribution in [-0.4, -0.2) is 34.0 Å². The van der Waals surface area contributed by atoms with Crippen LogP contribution in [0, 0.1) is 0 Å². The van der Waals surface area contributed by atoms with Gasteiger partial charge in [0.15, 0.2) is 5.69 Å². The van der Waals surface area contributed by atoms with Crippen molar-refractivity contribution in [2.75, 3.05) is 13.1 Å². The van der Waals surface area contributed by atoms with Gasteiger partial charge in [0.2, 0.25) is 0 Å². The van der Waals surface area contributed by atoms with Crippen molar-refractivity contribution in [1.82, 2.24) is 25.6 Å². The van der Waals surface area contributed by atoms with E-state index in [9.17, 15) is 4.79 Å². The molecule has 1 amide bonds. The van der Waals surface area contributed by atoms with E-state index >= 15 is 0 Å². The van der Waals surface area contributed by atoms with E-state index in [1.165, 1.54) is 0 Å². The Morgan fingerprint density at radius 2 is 2.13 bits per heavy atom. The third-order valence-corrected chi connectivity index (χ3v) is 4.49. The van der Waals surface area contributed by atoms with Crippen LogP contribution in [0.5, 0.6) is 0 Å². The molecule has 23 heavy (non-hydrogen) atoms. The quantitative estimate of drug-likeness (QED) is 0.901. The van der Waals surface area contributed by atoms with Gasteiger partial charge >= 0.3 is 0 Å². The van der Waals surface area contributed by atoms with E-state index < -0.39 is 0 Å². The Balaban J connectivity index is 1.66. The SMILES string of the molecule is CC(NC(=O)c1cn(C2CCNCC2)nn1)c1ccccc1Cl. The second-order valence-electron chi connectivity index (χ2n) is 5.78. The first-order valence-corrected chi connectivity index (χ1v) is 8.21. The Labute approximate surface area is 140 Å². The summed E-state index contributed by atoms with van der Waals surface area (Å²) in [5, 5.41) is 15.0. The molecule has 2 N–H and O–H groups in total. The van der Waals surface area contributed by atoms with Crippen molar-refractivity contribution >= 4 is 17.5 Å². The molecule has 0 spiro atoms. The molecule has 3 rings (SSSR count). The van der Waals surface area contributed by atoms with Crippen molar-refractivity contribution in [3.63, 3.8) is 0 Å². The number of rotatable bonds is 4. The number of benzene rings is 1. The molecule has 0 aliphatic carbocycles. The van der Waals surface area contributed by atoms with Crippen molar-refractivity contribution < 1.29 is 4.79 Å². The molecule has 2 heterocycles. The lowest BCUT2D eigenvalue weighted by Crippen LogP contribution is -2.29. The van der Waals surface area contributed by atoms with Crippen LogP contribution < -0.4 is 10.6 Å². The van der Waals surface area contributed by atoms with Crippen LogP contribution in [-0.2, 0) is 0 Å². The van der Waals surface area contributed by atoms with E-state index in [1.807, 2.05) is 31.2 Å². The number of amides is 1. The molecule has 0 radical (unpaired) electrons. The number of hydrogen-bond acceptors (Lipinski definition) is 4. The van der Waals surface area contributed by atoms with E-state index in [4.69, 9.17) is 11.6 Å². The fourth-order valence-corrected chi connectivity index (χ4v) is 3.10. The maximum atomic E-state index is 12.4. The summed E-state index contributed by atoms with van der Waals surface area (Å²) < 4.78 is 1.80. The van der Waals surface area contributed by atoms with E-state index in [2.05, 4.69) is 20.9 Å². The fourth-order valence-electron chi connectivity index (χ4n) is 2.81. The summed E-state index contributed by atoms with van der Waals surface area (Å²) in [6.45, 7) is 3.83. The number of carbonyl (C=O) groups is 1. The minimum absolute atomic E-state index is 0.194. The van der Waals surface area contributed by atoms with Crippen LogP contribution >= 0.6 is 11.6 Å². The molecule has 1 unspecified atom stereocenters. The molecule has 1 fully saturated rings. The van der Waals surface area contributed by atoms with E-state index in [0.29, 0.717) is 16.8 Å². The maximum Gasteiger partial charge on any atom is 0.273 e. The largest absolute Gasteiger partial charge is 0.344 e. The summed E-state index contributed by atoms with van der Waals surface area (Å²) in [6, 6.07) is 7.60. The van der Waals surface area contributed by atoms with Gasteiger partial charge in [-0.2, -0.15) is 0 Å². The standard InChI is InChI=1S/C16H20ClN5O/c1-11(13-4-2-3-5-14(13)17)19-16(23)15-10-22(21-20-15)12-6-8-18-9-7-12/h2-5,10-12,18H,6-9H2,1H3,(H,19,23). The van der Waals surface area contributed by atoms with Gasteiger partial charge in [0, 0.05) is 5.02 Å². The molecule has 1 aliphatic heterocycles. The first kappa shape index (κ1) is 16.0. The van der Waals surface area contributed by atoms with Gasteiger partial charge in [-0.3, -0.25) is 4.79 Å². The van der Waals surface area contributed by atoms with Crippen molar-refractivity contribution in [1.29, 1.82) is 0 Å². The predicted octanol–water partition coefficient (Wildman–Crippen LogP) is 2.35. The van der Waals surface area contributed by atoms with Crippen LogP contribution in [0.25, 0.3) is 0 Å². The second-order valence-corrected chi connectivity index (χ2v) is 6.19. The van der Waals surface area contributed by atoms with E-state index in [1.54, 1.807) is 10.9 Å². The van der Waals surface area contributed by atoms with Gasteiger partial charge in [-0.15, -0.1) is 5.10 Å².